The summed E-state index contributed by atoms with van der Waals surface area (Å²) in [7, 11) is 4.71. The Labute approximate surface area is 622 Å². The molecule has 8 bridgehead atoms. The van der Waals surface area contributed by atoms with E-state index < -0.39 is 5.97 Å². The monoisotopic (exact) mass is 1440 g/mol. The number of carbonyl (C=O) groups excluding carboxylic acids is 5. The van der Waals surface area contributed by atoms with E-state index in [1.165, 1.54) is 128 Å². The zero-order chi connectivity index (χ0) is 73.8. The molecule has 0 aromatic carbocycles. The molecule has 36 atom stereocenters. The van der Waals surface area contributed by atoms with Crippen LogP contribution >= 0.6 is 0 Å². The molecule has 1 N–H and O–H groups in total. The number of fused-ring (bicyclic) bond motifs is 22. The number of carbonyl (C=O) groups is 6. The van der Waals surface area contributed by atoms with Crippen LogP contribution in [0.1, 0.15) is 250 Å². The van der Waals surface area contributed by atoms with Crippen molar-refractivity contribution in [3.05, 3.63) is 0 Å². The fraction of sp³-hybridized carbons (Fsp3) is 0.932. The Morgan fingerprint density at radius 3 is 0.757 bits per heavy atom. The third-order valence-corrected chi connectivity index (χ3v) is 33.5. The predicted octanol–water partition coefficient (Wildman–Crippen LogP) is 18.3. The Morgan fingerprint density at radius 2 is 0.524 bits per heavy atom. The summed E-state index contributed by atoms with van der Waals surface area (Å²) in [5.74, 6) is 23.4. The third-order valence-electron chi connectivity index (χ3n) is 33.5. The minimum Gasteiger partial charge on any atom is -0.481 e. The summed E-state index contributed by atoms with van der Waals surface area (Å²) >= 11 is 0. The van der Waals surface area contributed by atoms with Crippen molar-refractivity contribution in [1.82, 2.24) is 0 Å². The second-order valence-electron chi connectivity index (χ2n) is 36.6. The molecule has 0 amide bonds. The average Bonchev–Trinajstić information content (AvgIpc) is 1.58. The summed E-state index contributed by atoms with van der Waals surface area (Å²) in [4.78, 5) is 70.9. The lowest BCUT2D eigenvalue weighted by atomic mass is 9.70. The summed E-state index contributed by atoms with van der Waals surface area (Å²) in [6.07, 6.45) is 32.3. The van der Waals surface area contributed by atoms with E-state index in [1.54, 1.807) is 21.3 Å². The van der Waals surface area contributed by atoms with E-state index in [9.17, 15) is 33.9 Å². The Kier molecular flexibility index (Phi) is 28.2. The zero-order valence-electron chi connectivity index (χ0n) is 66.9. The van der Waals surface area contributed by atoms with Crippen molar-refractivity contribution in [3.63, 3.8) is 0 Å². The van der Waals surface area contributed by atoms with Crippen molar-refractivity contribution in [1.29, 1.82) is 0 Å². The van der Waals surface area contributed by atoms with Gasteiger partial charge < -0.3 is 43.0 Å². The van der Waals surface area contributed by atoms with E-state index in [1.807, 2.05) is 0 Å². The molecule has 0 spiro atoms. The molecule has 2 aliphatic heterocycles. The molecule has 16 rings (SSSR count). The van der Waals surface area contributed by atoms with E-state index in [0.717, 1.165) is 169 Å². The van der Waals surface area contributed by atoms with Crippen LogP contribution in [0, 0.1) is 213 Å². The van der Waals surface area contributed by atoms with Gasteiger partial charge in [0.1, 0.15) is 0 Å². The quantitative estimate of drug-likeness (QED) is 0.0610. The molecular weight excluding hydrogens is 1300 g/mol. The molecule has 16 fully saturated rings. The third kappa shape index (κ3) is 15.7. The highest BCUT2D eigenvalue weighted by Gasteiger charge is 2.65. The standard InChI is InChI=1S/3C17H28O3.C15H24O2.2C11H18O2/c3*1-4-10-6-11(5-2)16-13-7-12(15(10)16)8-14(13)17(18)20-9-19-3;1-3-8-5-9(4-2)14-11-6-10(13(8)14)7-12(11)15(16)17;2*1-3-7-5-8(4-2)10-9(7)6-13-11(10)12/h3*10-16H,4-9H2,1-3H3;8-14H,3-7H2,1-2H3,(H,16,17);2*7-10H,3-6H2,1-2H3. The van der Waals surface area contributed by atoms with Crippen LogP contribution < -0.4 is 0 Å². The van der Waals surface area contributed by atoms with Crippen LogP contribution in [-0.4, -0.2) is 95.8 Å². The van der Waals surface area contributed by atoms with Crippen molar-refractivity contribution < 1.29 is 71.8 Å². The van der Waals surface area contributed by atoms with E-state index in [0.29, 0.717) is 60.6 Å². The highest BCUT2D eigenvalue weighted by Crippen LogP contribution is 2.70. The van der Waals surface area contributed by atoms with Crippen LogP contribution in [0.3, 0.4) is 0 Å². The van der Waals surface area contributed by atoms with E-state index >= 15 is 0 Å². The van der Waals surface area contributed by atoms with E-state index in [4.69, 9.17) is 37.9 Å². The maximum atomic E-state index is 12.2. The molecule has 14 aliphatic carbocycles. The van der Waals surface area contributed by atoms with Gasteiger partial charge in [-0.2, -0.15) is 0 Å². The van der Waals surface area contributed by atoms with Gasteiger partial charge in [0.05, 0.1) is 48.7 Å². The number of esters is 5. The highest BCUT2D eigenvalue weighted by molar-refractivity contribution is 5.77. The van der Waals surface area contributed by atoms with Gasteiger partial charge in [-0.25, -0.2) is 0 Å². The normalized spacial score (nSPS) is 46.1. The van der Waals surface area contributed by atoms with Gasteiger partial charge in [-0.05, 0) is 256 Å². The lowest BCUT2D eigenvalue weighted by Crippen LogP contribution is -2.34. The first-order valence-electron chi connectivity index (χ1n) is 43.4. The average molecular weight is 1440 g/mol. The molecule has 2 saturated heterocycles. The number of carboxylic acids is 1. The molecule has 586 valence electrons. The van der Waals surface area contributed by atoms with Crippen LogP contribution in [0.5, 0.6) is 0 Å². The Bertz CT molecular complexity index is 2580. The van der Waals surface area contributed by atoms with Gasteiger partial charge >= 0.3 is 35.8 Å². The molecule has 0 aromatic heterocycles. The fourth-order valence-corrected chi connectivity index (χ4v) is 29.6. The number of methoxy groups -OCH3 is 3. The van der Waals surface area contributed by atoms with Gasteiger partial charge in [-0.1, -0.05) is 160 Å². The first-order chi connectivity index (χ1) is 49.8. The highest BCUT2D eigenvalue weighted by atomic mass is 16.7. The topological polar surface area (TPSA) is 196 Å². The second kappa shape index (κ2) is 36.0. The lowest BCUT2D eigenvalue weighted by molar-refractivity contribution is -0.163. The summed E-state index contributed by atoms with van der Waals surface area (Å²) < 4.78 is 40.6. The summed E-state index contributed by atoms with van der Waals surface area (Å²) in [6.45, 7) is 29.1. The van der Waals surface area contributed by atoms with E-state index in [-0.39, 0.29) is 85.7 Å². The molecule has 15 heteroatoms. The molecule has 103 heavy (non-hydrogen) atoms. The first-order valence-corrected chi connectivity index (χ1v) is 43.4. The largest absolute Gasteiger partial charge is 0.481 e. The summed E-state index contributed by atoms with van der Waals surface area (Å²) in [6, 6.07) is 0. The molecule has 36 unspecified atom stereocenters. The SMILES string of the molecule is CCC1CC(CC)C2C(=O)OCC12.CCC1CC(CC)C2C(=O)OCC12.CCC1CC(CC)C2C3CC(CC3C(=O)O)C12.CCC1CC(CC)C2C3CC(CC3C(=O)OCOC)C12.CCC1CC(CC)C2C3CC(CC3C(=O)OCOC)C12.CCC1CC(CC)C2C3CC(CC3C(=O)OCOC)C12. The van der Waals surface area contributed by atoms with Gasteiger partial charge in [0.25, 0.3) is 0 Å². The number of rotatable bonds is 22. The fourth-order valence-electron chi connectivity index (χ4n) is 29.6. The smallest absolute Gasteiger partial charge is 0.311 e. The van der Waals surface area contributed by atoms with Gasteiger partial charge in [0.2, 0.25) is 0 Å². The number of hydrogen-bond donors (Lipinski definition) is 1. The number of ether oxygens (including phenoxy) is 8. The summed E-state index contributed by atoms with van der Waals surface area (Å²) in [5, 5.41) is 9.34. The predicted molar refractivity (Wildman–Crippen MR) is 397 cm³/mol. The van der Waals surface area contributed by atoms with E-state index in [2.05, 4.69) is 83.1 Å². The zero-order valence-corrected chi connectivity index (χ0v) is 66.9. The van der Waals surface area contributed by atoms with Crippen molar-refractivity contribution >= 4 is 35.8 Å². The molecule has 0 radical (unpaired) electrons. The number of cyclic esters (lactones) is 2. The van der Waals surface area contributed by atoms with Crippen LogP contribution in [0.25, 0.3) is 0 Å². The Hall–Kier alpha value is -3.30. The van der Waals surface area contributed by atoms with Crippen molar-refractivity contribution in [2.45, 2.75) is 250 Å². The number of carboxylic acid groups (broad SMARTS) is 1. The molecule has 15 nitrogen and oxygen atoms in total. The van der Waals surface area contributed by atoms with Gasteiger partial charge in [0, 0.05) is 33.2 Å². The lowest BCUT2D eigenvalue weighted by Gasteiger charge is -2.34. The van der Waals surface area contributed by atoms with Crippen LogP contribution in [-0.2, 0) is 66.7 Å². The first kappa shape index (κ1) is 80.7. The molecule has 2 heterocycles. The number of aliphatic carboxylic acids is 1. The summed E-state index contributed by atoms with van der Waals surface area (Å²) in [5.41, 5.74) is 0. The molecule has 16 aliphatic rings. The van der Waals surface area contributed by atoms with Crippen LogP contribution in [0.15, 0.2) is 0 Å². The molecule has 14 saturated carbocycles. The molecular formula is C88H144O15. The Morgan fingerprint density at radius 1 is 0.301 bits per heavy atom. The Balaban J connectivity index is 0.000000125. The van der Waals surface area contributed by atoms with Gasteiger partial charge in [-0.3, -0.25) is 28.8 Å². The van der Waals surface area contributed by atoms with Crippen molar-refractivity contribution in [3.8, 4) is 0 Å². The maximum absolute atomic E-state index is 12.2. The minimum absolute atomic E-state index is 0.00685. The van der Waals surface area contributed by atoms with Gasteiger partial charge in [-0.15, -0.1) is 0 Å². The van der Waals surface area contributed by atoms with Crippen molar-refractivity contribution in [2.75, 3.05) is 54.9 Å². The van der Waals surface area contributed by atoms with Crippen LogP contribution in [0.2, 0.25) is 0 Å². The molecule has 0 aromatic rings. The second-order valence-corrected chi connectivity index (χ2v) is 36.6. The maximum Gasteiger partial charge on any atom is 0.311 e. The minimum atomic E-state index is -0.522. The van der Waals surface area contributed by atoms with Crippen LogP contribution in [0.4, 0.5) is 0 Å². The van der Waals surface area contributed by atoms with Gasteiger partial charge in [0.15, 0.2) is 20.4 Å². The van der Waals surface area contributed by atoms with Crippen molar-refractivity contribution in [2.24, 2.45) is 213 Å². The number of hydrogen-bond acceptors (Lipinski definition) is 14.